The number of rotatable bonds is 1. The molecule has 2 aromatic heterocycles. The molecule has 0 N–H and O–H groups in total. The first-order valence-electron chi connectivity index (χ1n) is 6.69. The topological polar surface area (TPSA) is 96.3 Å². The smallest absolute Gasteiger partial charge is 0.211 e. The van der Waals surface area contributed by atoms with E-state index in [2.05, 4.69) is 73.1 Å². The number of aromatic nitrogens is 1. The van der Waals surface area contributed by atoms with E-state index in [4.69, 9.17) is 18.6 Å². The molecule has 0 radical (unpaired) electrons. The van der Waals surface area contributed by atoms with Gasteiger partial charge in [0, 0.05) is 23.6 Å². The lowest BCUT2D eigenvalue weighted by atomic mass is 10.00. The van der Waals surface area contributed by atoms with E-state index in [1.165, 1.54) is 21.9 Å². The zero-order chi connectivity index (χ0) is 16.3. The first-order chi connectivity index (χ1) is 10.2. The second-order valence-electron chi connectivity index (χ2n) is 5.23. The Kier molecular flexibility index (Phi) is 4.95. The summed E-state index contributed by atoms with van der Waals surface area (Å²) in [5, 5.41) is 2.61. The minimum Gasteiger partial charge on any atom is -0.222 e. The Labute approximate surface area is 130 Å². The lowest BCUT2D eigenvalue weighted by Crippen LogP contribution is -2.68. The van der Waals surface area contributed by atoms with E-state index < -0.39 is 10.2 Å². The van der Waals surface area contributed by atoms with Crippen LogP contribution in [0.5, 0.6) is 0 Å². The second kappa shape index (κ2) is 6.56. The molecule has 1 aromatic carbocycles. The summed E-state index contributed by atoms with van der Waals surface area (Å²) in [6.45, 7) is 4.47. The van der Waals surface area contributed by atoms with Crippen molar-refractivity contribution in [3.8, 4) is 0 Å². The highest BCUT2D eigenvalue weighted by Crippen LogP contribution is 2.21. The third-order valence-electron chi connectivity index (χ3n) is 3.28. The van der Waals surface area contributed by atoms with Gasteiger partial charge in [0.2, 0.25) is 5.52 Å². The Morgan fingerprint density at radius 3 is 2.23 bits per heavy atom. The average molecular weight is 322 g/mol. The molecule has 0 unspecified atom stereocenters. The van der Waals surface area contributed by atoms with Gasteiger partial charge in [0.25, 0.3) is 0 Å². The monoisotopic (exact) mass is 321 g/mol. The Morgan fingerprint density at radius 1 is 0.909 bits per heavy atom. The van der Waals surface area contributed by atoms with E-state index in [0.29, 0.717) is 5.92 Å². The zero-order valence-electron chi connectivity index (χ0n) is 12.2. The van der Waals surface area contributed by atoms with Crippen LogP contribution in [-0.4, -0.2) is 0 Å². The number of halogens is 1. The second-order valence-corrected chi connectivity index (χ2v) is 5.98. The average Bonchev–Trinajstić information content (AvgIpc) is 2.42. The van der Waals surface area contributed by atoms with E-state index in [1.54, 1.807) is 0 Å². The van der Waals surface area contributed by atoms with Crippen molar-refractivity contribution in [3.05, 3.63) is 60.4 Å². The number of hydrogen-bond acceptors (Lipinski definition) is 4. The number of nitrogens with zero attached hydrogens (tertiary/aromatic N) is 1. The lowest BCUT2D eigenvalue weighted by molar-refractivity contribution is -2.00. The van der Waals surface area contributed by atoms with Gasteiger partial charge in [0.15, 0.2) is 12.4 Å². The summed E-state index contributed by atoms with van der Waals surface area (Å²) in [5.74, 6) is 0.582. The summed E-state index contributed by atoms with van der Waals surface area (Å²) in [6.07, 6.45) is 4.28. The molecule has 0 fully saturated rings. The maximum Gasteiger partial charge on any atom is 0.211 e. The first-order valence-corrected chi connectivity index (χ1v) is 7.93. The van der Waals surface area contributed by atoms with E-state index in [0.717, 1.165) is 0 Å². The molecule has 0 amide bonds. The van der Waals surface area contributed by atoms with Crippen LogP contribution in [0, 0.1) is 10.2 Å². The Hall–Kier alpha value is -1.76. The van der Waals surface area contributed by atoms with E-state index in [9.17, 15) is 0 Å². The summed E-state index contributed by atoms with van der Waals surface area (Å²) >= 11 is 0. The Morgan fingerprint density at radius 2 is 1.59 bits per heavy atom. The number of hydrogen-bond donors (Lipinski definition) is 0. The maximum absolute atomic E-state index is 8.49. The van der Waals surface area contributed by atoms with Crippen LogP contribution in [0.15, 0.2) is 54.9 Å². The van der Waals surface area contributed by atoms with Crippen LogP contribution >= 0.6 is 0 Å². The summed E-state index contributed by atoms with van der Waals surface area (Å²) in [5.41, 5.74) is 2.64. The molecule has 116 valence electrons. The van der Waals surface area contributed by atoms with Gasteiger partial charge in [-0.15, -0.1) is 10.2 Å². The van der Waals surface area contributed by atoms with Crippen LogP contribution in [0.4, 0.5) is 0 Å². The Balaban J connectivity index is 0.000000309. The molecule has 6 heteroatoms. The Bertz CT molecular complexity index is 778. The summed E-state index contributed by atoms with van der Waals surface area (Å²) in [6, 6.07) is 15.3. The molecule has 0 aliphatic heterocycles. The third-order valence-corrected chi connectivity index (χ3v) is 3.28. The van der Waals surface area contributed by atoms with Gasteiger partial charge in [-0.1, -0.05) is 26.0 Å². The van der Waals surface area contributed by atoms with Crippen molar-refractivity contribution in [3.63, 3.8) is 0 Å². The highest BCUT2D eigenvalue weighted by molar-refractivity contribution is 5.84. The summed E-state index contributed by atoms with van der Waals surface area (Å²) in [4.78, 5) is 0. The molecule has 2 heterocycles. The molecular formula is C16H16ClNO4. The number of pyridine rings is 2. The van der Waals surface area contributed by atoms with E-state index in [-0.39, 0.29) is 0 Å². The van der Waals surface area contributed by atoms with Crippen LogP contribution in [-0.2, 0) is 0 Å². The van der Waals surface area contributed by atoms with Gasteiger partial charge in [0.1, 0.15) is 0 Å². The highest BCUT2D eigenvalue weighted by atomic mass is 35.7. The molecular weight excluding hydrogens is 306 g/mol. The number of benzene rings is 1. The van der Waals surface area contributed by atoms with E-state index in [1.807, 2.05) is 0 Å². The fraction of sp³-hybridized carbons (Fsp3) is 0.188. The standard InChI is InChI=1S/C16H16N.ClHO4/c1-12(2)13-6-7-14-11-17-8-4-3-5-16(17)10-15(14)9-13;2-1(3,4)5/h3-12H,1-2H3;(H,2,3,4,5)/q+1;/p-1. The van der Waals surface area contributed by atoms with Gasteiger partial charge in [-0.05, 0) is 29.0 Å². The predicted molar refractivity (Wildman–Crippen MR) is 71.2 cm³/mol. The molecule has 0 aliphatic carbocycles. The molecule has 3 rings (SSSR count). The molecule has 0 saturated carbocycles. The van der Waals surface area contributed by atoms with Gasteiger partial charge in [-0.3, -0.25) is 0 Å². The van der Waals surface area contributed by atoms with Crippen LogP contribution in [0.1, 0.15) is 25.3 Å². The van der Waals surface area contributed by atoms with Crippen LogP contribution in [0.3, 0.4) is 0 Å². The van der Waals surface area contributed by atoms with Gasteiger partial charge in [0.05, 0.1) is 0 Å². The zero-order valence-corrected chi connectivity index (χ0v) is 13.0. The van der Waals surface area contributed by atoms with E-state index >= 15 is 0 Å². The van der Waals surface area contributed by atoms with Crippen molar-refractivity contribution in [2.75, 3.05) is 0 Å². The SMILES string of the molecule is CC(C)c1ccc2c[n+]3ccccc3cc2c1.[O-][Cl+3]([O-])([O-])[O-]. The van der Waals surface area contributed by atoms with Gasteiger partial charge < -0.3 is 0 Å². The molecule has 22 heavy (non-hydrogen) atoms. The number of fused-ring (bicyclic) bond motifs is 2. The van der Waals surface area contributed by atoms with Crippen molar-refractivity contribution in [2.24, 2.45) is 0 Å². The van der Waals surface area contributed by atoms with Crippen molar-refractivity contribution >= 4 is 16.3 Å². The predicted octanol–water partition coefficient (Wildman–Crippen LogP) is -1.05. The summed E-state index contributed by atoms with van der Waals surface area (Å²) in [7, 11) is -4.94. The lowest BCUT2D eigenvalue weighted by Gasteiger charge is -2.17. The summed E-state index contributed by atoms with van der Waals surface area (Å²) < 4.78 is 36.1. The molecule has 0 saturated heterocycles. The minimum atomic E-state index is -4.94. The molecule has 3 aromatic rings. The third kappa shape index (κ3) is 4.62. The van der Waals surface area contributed by atoms with Gasteiger partial charge in [-0.25, -0.2) is 18.6 Å². The highest BCUT2D eigenvalue weighted by Gasteiger charge is 2.06. The molecule has 5 nitrogen and oxygen atoms in total. The van der Waals surface area contributed by atoms with Crippen molar-refractivity contribution in [1.29, 1.82) is 0 Å². The maximum atomic E-state index is 8.49. The van der Waals surface area contributed by atoms with Crippen LogP contribution in [0.25, 0.3) is 16.3 Å². The fourth-order valence-electron chi connectivity index (χ4n) is 2.21. The first kappa shape index (κ1) is 16.6. The minimum absolute atomic E-state index is 0.582. The molecule has 0 bridgehead atoms. The normalized spacial score (nSPS) is 11.6. The fourth-order valence-corrected chi connectivity index (χ4v) is 2.21. The quantitative estimate of drug-likeness (QED) is 0.422. The molecule has 0 aliphatic rings. The van der Waals surface area contributed by atoms with Crippen LogP contribution in [0.2, 0.25) is 0 Å². The van der Waals surface area contributed by atoms with Crippen LogP contribution < -0.4 is 23.0 Å². The largest absolute Gasteiger partial charge is 0.222 e. The van der Waals surface area contributed by atoms with Crippen molar-refractivity contribution in [2.45, 2.75) is 19.8 Å². The molecule has 0 spiro atoms. The van der Waals surface area contributed by atoms with Crippen molar-refractivity contribution < 1.29 is 33.3 Å². The van der Waals surface area contributed by atoms with Gasteiger partial charge in [-0.2, -0.15) is 4.40 Å². The van der Waals surface area contributed by atoms with Crippen molar-refractivity contribution in [1.82, 2.24) is 0 Å². The molecule has 0 atom stereocenters. The van der Waals surface area contributed by atoms with Gasteiger partial charge >= 0.3 is 0 Å².